The van der Waals surface area contributed by atoms with Crippen LogP contribution in [0.1, 0.15) is 53.6 Å². The highest BCUT2D eigenvalue weighted by atomic mass is 32.2. The van der Waals surface area contributed by atoms with Gasteiger partial charge in [-0.15, -0.1) is 11.3 Å². The zero-order valence-corrected chi connectivity index (χ0v) is 15.7. The SMILES string of the molecule is CCCS(=O)(=O)N1CCC(c2nc(Cc3ccc(C)s3)no2)CC1. The summed E-state index contributed by atoms with van der Waals surface area (Å²) < 4.78 is 31.3. The minimum Gasteiger partial charge on any atom is -0.339 e. The second-order valence-corrected chi connectivity index (χ2v) is 9.69. The van der Waals surface area contributed by atoms with Crippen LogP contribution in [0, 0.1) is 6.92 Å². The second kappa shape index (κ2) is 7.33. The molecule has 0 radical (unpaired) electrons. The van der Waals surface area contributed by atoms with E-state index in [-0.39, 0.29) is 11.7 Å². The highest BCUT2D eigenvalue weighted by Gasteiger charge is 2.30. The highest BCUT2D eigenvalue weighted by molar-refractivity contribution is 7.89. The number of piperidine rings is 1. The van der Waals surface area contributed by atoms with Crippen LogP contribution < -0.4 is 0 Å². The van der Waals surface area contributed by atoms with Gasteiger partial charge < -0.3 is 4.52 Å². The van der Waals surface area contributed by atoms with Crippen molar-refractivity contribution in [3.05, 3.63) is 33.6 Å². The molecule has 2 aromatic heterocycles. The maximum Gasteiger partial charge on any atom is 0.229 e. The number of thiophene rings is 1. The predicted octanol–water partition coefficient (Wildman–Crippen LogP) is 2.95. The zero-order chi connectivity index (χ0) is 17.2. The largest absolute Gasteiger partial charge is 0.339 e. The molecule has 1 aliphatic rings. The lowest BCUT2D eigenvalue weighted by Gasteiger charge is -2.29. The summed E-state index contributed by atoms with van der Waals surface area (Å²) in [5.74, 6) is 1.73. The molecule has 1 saturated heterocycles. The van der Waals surface area contributed by atoms with E-state index in [1.165, 1.54) is 9.75 Å². The molecule has 0 spiro atoms. The quantitative estimate of drug-likeness (QED) is 0.782. The number of hydrogen-bond donors (Lipinski definition) is 0. The van der Waals surface area contributed by atoms with E-state index in [4.69, 9.17) is 4.52 Å². The number of rotatable bonds is 6. The van der Waals surface area contributed by atoms with Gasteiger partial charge in [-0.3, -0.25) is 0 Å². The summed E-state index contributed by atoms with van der Waals surface area (Å²) in [6.45, 7) is 5.04. The summed E-state index contributed by atoms with van der Waals surface area (Å²) in [4.78, 5) is 7.02. The smallest absolute Gasteiger partial charge is 0.229 e. The molecule has 24 heavy (non-hydrogen) atoms. The average molecular weight is 370 g/mol. The predicted molar refractivity (Wildman–Crippen MR) is 93.8 cm³/mol. The van der Waals surface area contributed by atoms with Crippen LogP contribution in [-0.2, 0) is 16.4 Å². The molecule has 3 heterocycles. The van der Waals surface area contributed by atoms with Crippen LogP contribution in [0.15, 0.2) is 16.7 Å². The van der Waals surface area contributed by atoms with Crippen molar-refractivity contribution >= 4 is 21.4 Å². The van der Waals surface area contributed by atoms with E-state index in [1.54, 1.807) is 15.6 Å². The van der Waals surface area contributed by atoms with Gasteiger partial charge in [0, 0.05) is 35.2 Å². The fraction of sp³-hybridized carbons (Fsp3) is 0.625. The van der Waals surface area contributed by atoms with E-state index >= 15 is 0 Å². The Morgan fingerprint density at radius 2 is 2.08 bits per heavy atom. The van der Waals surface area contributed by atoms with E-state index < -0.39 is 10.0 Å². The molecule has 2 aromatic rings. The van der Waals surface area contributed by atoms with E-state index in [2.05, 4.69) is 29.2 Å². The van der Waals surface area contributed by atoms with Crippen molar-refractivity contribution in [2.24, 2.45) is 0 Å². The normalized spacial score (nSPS) is 17.4. The molecule has 0 bridgehead atoms. The van der Waals surface area contributed by atoms with Crippen LogP contribution in [0.2, 0.25) is 0 Å². The van der Waals surface area contributed by atoms with Crippen LogP contribution in [0.25, 0.3) is 0 Å². The van der Waals surface area contributed by atoms with Gasteiger partial charge in [-0.05, 0) is 38.3 Å². The van der Waals surface area contributed by atoms with E-state index in [9.17, 15) is 8.42 Å². The second-order valence-electron chi connectivity index (χ2n) is 6.23. The molecule has 8 heteroatoms. The van der Waals surface area contributed by atoms with Crippen LogP contribution in [-0.4, -0.2) is 41.7 Å². The molecule has 0 unspecified atom stereocenters. The third-order valence-electron chi connectivity index (χ3n) is 4.27. The first-order valence-corrected chi connectivity index (χ1v) is 10.8. The molecule has 1 aliphatic heterocycles. The first-order chi connectivity index (χ1) is 11.5. The van der Waals surface area contributed by atoms with Crippen molar-refractivity contribution in [2.45, 2.75) is 45.4 Å². The molecule has 3 rings (SSSR count). The molecule has 0 aliphatic carbocycles. The van der Waals surface area contributed by atoms with Crippen molar-refractivity contribution in [1.29, 1.82) is 0 Å². The monoisotopic (exact) mass is 369 g/mol. The van der Waals surface area contributed by atoms with Crippen molar-refractivity contribution < 1.29 is 12.9 Å². The van der Waals surface area contributed by atoms with Crippen LogP contribution in [0.3, 0.4) is 0 Å². The summed E-state index contributed by atoms with van der Waals surface area (Å²) in [6, 6.07) is 4.18. The summed E-state index contributed by atoms with van der Waals surface area (Å²) >= 11 is 1.74. The van der Waals surface area contributed by atoms with Gasteiger partial charge in [0.05, 0.1) is 5.75 Å². The Morgan fingerprint density at radius 1 is 1.33 bits per heavy atom. The molecular weight excluding hydrogens is 346 g/mol. The summed E-state index contributed by atoms with van der Waals surface area (Å²) in [5, 5.41) is 4.08. The van der Waals surface area contributed by atoms with Crippen molar-refractivity contribution in [3.8, 4) is 0 Å². The Bertz CT molecular complexity index is 774. The standard InChI is InChI=1S/C16H23N3O3S2/c1-3-10-24(20,21)19-8-6-13(7-9-19)16-17-15(18-22-16)11-14-5-4-12(2)23-14/h4-5,13H,3,6-11H2,1-2H3. The van der Waals surface area contributed by atoms with Crippen molar-refractivity contribution in [3.63, 3.8) is 0 Å². The fourth-order valence-electron chi connectivity index (χ4n) is 3.01. The molecule has 0 saturated carbocycles. The maximum absolute atomic E-state index is 12.1. The Hall–Kier alpha value is -1.25. The zero-order valence-electron chi connectivity index (χ0n) is 14.1. The Balaban J connectivity index is 1.59. The van der Waals surface area contributed by atoms with Gasteiger partial charge in [0.2, 0.25) is 15.9 Å². The topological polar surface area (TPSA) is 76.3 Å². The molecule has 6 nitrogen and oxygen atoms in total. The van der Waals surface area contributed by atoms with Crippen molar-refractivity contribution in [2.75, 3.05) is 18.8 Å². The van der Waals surface area contributed by atoms with Gasteiger partial charge in [0.25, 0.3) is 0 Å². The molecule has 0 atom stereocenters. The lowest BCUT2D eigenvalue weighted by Crippen LogP contribution is -2.39. The van der Waals surface area contributed by atoms with Gasteiger partial charge in [0.1, 0.15) is 0 Å². The van der Waals surface area contributed by atoms with Crippen molar-refractivity contribution in [1.82, 2.24) is 14.4 Å². The molecule has 0 aromatic carbocycles. The van der Waals surface area contributed by atoms with Gasteiger partial charge >= 0.3 is 0 Å². The molecule has 0 amide bonds. The van der Waals surface area contributed by atoms with Gasteiger partial charge in [0.15, 0.2) is 5.82 Å². The molecule has 1 fully saturated rings. The maximum atomic E-state index is 12.1. The minimum absolute atomic E-state index is 0.157. The van der Waals surface area contributed by atoms with E-state index in [0.29, 0.717) is 37.6 Å². The van der Waals surface area contributed by atoms with Crippen LogP contribution in [0.5, 0.6) is 0 Å². The third kappa shape index (κ3) is 4.04. The number of hydrogen-bond acceptors (Lipinski definition) is 6. The lowest BCUT2D eigenvalue weighted by molar-refractivity contribution is 0.270. The summed E-state index contributed by atoms with van der Waals surface area (Å²) in [6.07, 6.45) is 2.81. The van der Waals surface area contributed by atoms with Crippen LogP contribution in [0.4, 0.5) is 0 Å². The van der Waals surface area contributed by atoms with Crippen LogP contribution >= 0.6 is 11.3 Å². The number of aryl methyl sites for hydroxylation is 1. The average Bonchev–Trinajstić information content (AvgIpc) is 3.17. The highest BCUT2D eigenvalue weighted by Crippen LogP contribution is 2.28. The summed E-state index contributed by atoms with van der Waals surface area (Å²) in [7, 11) is -3.10. The Labute approximate surface area is 146 Å². The molecule has 0 N–H and O–H groups in total. The fourth-order valence-corrected chi connectivity index (χ4v) is 5.44. The first kappa shape index (κ1) is 17.6. The first-order valence-electron chi connectivity index (χ1n) is 8.33. The van der Waals surface area contributed by atoms with Gasteiger partial charge in [-0.2, -0.15) is 4.98 Å². The molecular formula is C16H23N3O3S2. The summed E-state index contributed by atoms with van der Waals surface area (Å²) in [5.41, 5.74) is 0. The lowest BCUT2D eigenvalue weighted by atomic mass is 9.98. The molecule has 132 valence electrons. The van der Waals surface area contributed by atoms with E-state index in [1.807, 2.05) is 6.92 Å². The number of nitrogens with zero attached hydrogens (tertiary/aromatic N) is 3. The number of sulfonamides is 1. The Kier molecular flexibility index (Phi) is 5.36. The van der Waals surface area contributed by atoms with E-state index in [0.717, 1.165) is 12.8 Å². The Morgan fingerprint density at radius 3 is 2.71 bits per heavy atom. The third-order valence-corrected chi connectivity index (χ3v) is 7.35. The van der Waals surface area contributed by atoms with Gasteiger partial charge in [-0.1, -0.05) is 12.1 Å². The number of aromatic nitrogens is 2. The van der Waals surface area contributed by atoms with Gasteiger partial charge in [-0.25, -0.2) is 12.7 Å². The minimum atomic E-state index is -3.10.